The largest absolute Gasteiger partial charge is 0.465 e. The number of rotatable bonds is 7. The van der Waals surface area contributed by atoms with Crippen LogP contribution in [-0.4, -0.2) is 32.0 Å². The average Bonchev–Trinajstić information content (AvgIpc) is 2.39. The molecule has 2 unspecified atom stereocenters. The molecule has 1 rings (SSSR count). The molecule has 0 saturated carbocycles. The number of carbonyl (C=O) groups excluding carboxylic acids is 1. The number of sulfone groups is 1. The normalized spacial score (nSPS) is 14.6. The predicted molar refractivity (Wildman–Crippen MR) is 77.9 cm³/mol. The molecular weight excluding hydrogens is 278 g/mol. The van der Waals surface area contributed by atoms with Crippen molar-refractivity contribution in [3.05, 3.63) is 35.9 Å². The topological polar surface area (TPSA) is 86.5 Å². The number of hydrogen-bond acceptors (Lipinski definition) is 5. The molecule has 0 radical (unpaired) electrons. The molecule has 1 aromatic carbocycles. The van der Waals surface area contributed by atoms with Crippen molar-refractivity contribution in [2.45, 2.75) is 31.6 Å². The first kappa shape index (κ1) is 16.7. The molecule has 0 saturated heterocycles. The zero-order valence-electron chi connectivity index (χ0n) is 11.8. The molecule has 0 bridgehead atoms. The maximum atomic E-state index is 12.3. The van der Waals surface area contributed by atoms with Crippen LogP contribution in [0.5, 0.6) is 0 Å². The summed E-state index contributed by atoms with van der Waals surface area (Å²) >= 11 is 0. The first-order valence-corrected chi connectivity index (χ1v) is 8.31. The third-order valence-electron chi connectivity index (χ3n) is 3.07. The van der Waals surface area contributed by atoms with Crippen LogP contribution in [-0.2, 0) is 19.4 Å². The van der Waals surface area contributed by atoms with Crippen molar-refractivity contribution in [3.63, 3.8) is 0 Å². The molecule has 0 aliphatic heterocycles. The van der Waals surface area contributed by atoms with Crippen LogP contribution in [0.15, 0.2) is 30.3 Å². The van der Waals surface area contributed by atoms with Crippen molar-refractivity contribution in [1.29, 1.82) is 0 Å². The molecule has 20 heavy (non-hydrogen) atoms. The molecule has 0 fully saturated rings. The van der Waals surface area contributed by atoms with E-state index in [2.05, 4.69) is 0 Å². The maximum Gasteiger partial charge on any atom is 0.321 e. The van der Waals surface area contributed by atoms with Gasteiger partial charge in [-0.05, 0) is 18.9 Å². The van der Waals surface area contributed by atoms with Gasteiger partial charge in [-0.25, -0.2) is 8.42 Å². The summed E-state index contributed by atoms with van der Waals surface area (Å²) in [5.74, 6) is -1.36. The molecular formula is C14H21NO4S. The quantitative estimate of drug-likeness (QED) is 0.770. The van der Waals surface area contributed by atoms with Crippen LogP contribution in [0.1, 0.15) is 31.9 Å². The lowest BCUT2D eigenvalue weighted by Gasteiger charge is -2.22. The average molecular weight is 299 g/mol. The Morgan fingerprint density at radius 1 is 1.25 bits per heavy atom. The van der Waals surface area contributed by atoms with E-state index in [4.69, 9.17) is 10.5 Å². The zero-order chi connectivity index (χ0) is 15.2. The summed E-state index contributed by atoms with van der Waals surface area (Å²) in [7, 11) is -3.64. The fraction of sp³-hybridized carbons (Fsp3) is 0.500. The zero-order valence-corrected chi connectivity index (χ0v) is 12.6. The first-order valence-electron chi connectivity index (χ1n) is 6.60. The molecule has 0 aromatic heterocycles. The van der Waals surface area contributed by atoms with Gasteiger partial charge in [0.25, 0.3) is 0 Å². The van der Waals surface area contributed by atoms with E-state index in [-0.39, 0.29) is 6.61 Å². The van der Waals surface area contributed by atoms with Gasteiger partial charge in [-0.15, -0.1) is 0 Å². The molecule has 0 amide bonds. The predicted octanol–water partition coefficient (Wildman–Crippen LogP) is 1.44. The van der Waals surface area contributed by atoms with Crippen LogP contribution < -0.4 is 5.73 Å². The Kier molecular flexibility index (Phi) is 6.16. The second kappa shape index (κ2) is 7.40. The highest BCUT2D eigenvalue weighted by atomic mass is 32.2. The van der Waals surface area contributed by atoms with E-state index in [0.717, 1.165) is 5.56 Å². The van der Waals surface area contributed by atoms with Crippen LogP contribution in [0.2, 0.25) is 0 Å². The molecule has 0 aliphatic rings. The van der Waals surface area contributed by atoms with Crippen molar-refractivity contribution in [2.75, 3.05) is 12.4 Å². The highest BCUT2D eigenvalue weighted by Crippen LogP contribution is 2.23. The SMILES string of the molecule is CCOC(=O)CS(=O)(=O)C(CC)C(N)c1ccccc1. The molecule has 1 aromatic rings. The van der Waals surface area contributed by atoms with Crippen LogP contribution in [0.4, 0.5) is 0 Å². The molecule has 2 atom stereocenters. The Hall–Kier alpha value is -1.40. The summed E-state index contributed by atoms with van der Waals surface area (Å²) in [5.41, 5.74) is 6.80. The Bertz CT molecular complexity index is 527. The van der Waals surface area contributed by atoms with Crippen molar-refractivity contribution in [2.24, 2.45) is 5.73 Å². The molecule has 6 heteroatoms. The van der Waals surface area contributed by atoms with E-state index in [1.165, 1.54) is 0 Å². The Morgan fingerprint density at radius 2 is 1.85 bits per heavy atom. The summed E-state index contributed by atoms with van der Waals surface area (Å²) < 4.78 is 29.3. The summed E-state index contributed by atoms with van der Waals surface area (Å²) in [4.78, 5) is 11.4. The van der Waals surface area contributed by atoms with E-state index >= 15 is 0 Å². The lowest BCUT2D eigenvalue weighted by atomic mass is 10.0. The van der Waals surface area contributed by atoms with Gasteiger partial charge in [-0.3, -0.25) is 4.79 Å². The van der Waals surface area contributed by atoms with E-state index < -0.39 is 32.9 Å². The number of esters is 1. The smallest absolute Gasteiger partial charge is 0.321 e. The van der Waals surface area contributed by atoms with Crippen LogP contribution in [0.3, 0.4) is 0 Å². The van der Waals surface area contributed by atoms with Crippen molar-refractivity contribution < 1.29 is 17.9 Å². The van der Waals surface area contributed by atoms with Gasteiger partial charge in [0.15, 0.2) is 9.84 Å². The lowest BCUT2D eigenvalue weighted by Crippen LogP contribution is -2.37. The highest BCUT2D eigenvalue weighted by Gasteiger charge is 2.32. The second-order valence-electron chi connectivity index (χ2n) is 4.50. The van der Waals surface area contributed by atoms with Gasteiger partial charge < -0.3 is 10.5 Å². The Balaban J connectivity index is 2.92. The highest BCUT2D eigenvalue weighted by molar-refractivity contribution is 7.92. The number of nitrogens with two attached hydrogens (primary N) is 1. The summed E-state index contributed by atoms with van der Waals surface area (Å²) in [6.45, 7) is 3.55. The molecule has 0 aliphatic carbocycles. The minimum absolute atomic E-state index is 0.163. The van der Waals surface area contributed by atoms with Crippen LogP contribution in [0, 0.1) is 0 Å². The third-order valence-corrected chi connectivity index (χ3v) is 5.26. The van der Waals surface area contributed by atoms with Gasteiger partial charge in [0.1, 0.15) is 5.75 Å². The molecule has 0 heterocycles. The van der Waals surface area contributed by atoms with Gasteiger partial charge in [-0.2, -0.15) is 0 Å². The first-order chi connectivity index (χ1) is 9.42. The van der Waals surface area contributed by atoms with E-state index in [9.17, 15) is 13.2 Å². The summed E-state index contributed by atoms with van der Waals surface area (Å²) in [5, 5.41) is -0.797. The Labute approximate surface area is 120 Å². The standard InChI is InChI=1S/C14H21NO4S/c1-3-12(14(15)11-8-6-5-7-9-11)20(17,18)10-13(16)19-4-2/h5-9,12,14H,3-4,10,15H2,1-2H3. The maximum absolute atomic E-state index is 12.3. The minimum Gasteiger partial charge on any atom is -0.465 e. The monoisotopic (exact) mass is 299 g/mol. The number of hydrogen-bond donors (Lipinski definition) is 1. The van der Waals surface area contributed by atoms with Gasteiger partial charge in [0.05, 0.1) is 11.9 Å². The van der Waals surface area contributed by atoms with Crippen LogP contribution >= 0.6 is 0 Å². The van der Waals surface area contributed by atoms with Gasteiger partial charge in [-0.1, -0.05) is 37.3 Å². The molecule has 5 nitrogen and oxygen atoms in total. The minimum atomic E-state index is -3.64. The molecule has 112 valence electrons. The third kappa shape index (κ3) is 4.31. The van der Waals surface area contributed by atoms with E-state index in [1.807, 2.05) is 6.07 Å². The Morgan fingerprint density at radius 3 is 2.35 bits per heavy atom. The van der Waals surface area contributed by atoms with Crippen molar-refractivity contribution >= 4 is 15.8 Å². The van der Waals surface area contributed by atoms with Gasteiger partial charge >= 0.3 is 5.97 Å². The fourth-order valence-electron chi connectivity index (χ4n) is 2.10. The van der Waals surface area contributed by atoms with Crippen molar-refractivity contribution in [1.82, 2.24) is 0 Å². The second-order valence-corrected chi connectivity index (χ2v) is 6.72. The summed E-state index contributed by atoms with van der Waals surface area (Å²) in [6, 6.07) is 8.37. The summed E-state index contributed by atoms with van der Waals surface area (Å²) in [6.07, 6.45) is 0.345. The lowest BCUT2D eigenvalue weighted by molar-refractivity contribution is -0.139. The van der Waals surface area contributed by atoms with E-state index in [1.54, 1.807) is 38.1 Å². The van der Waals surface area contributed by atoms with E-state index in [0.29, 0.717) is 6.42 Å². The van der Waals surface area contributed by atoms with Crippen LogP contribution in [0.25, 0.3) is 0 Å². The van der Waals surface area contributed by atoms with Crippen molar-refractivity contribution in [3.8, 4) is 0 Å². The fourth-order valence-corrected chi connectivity index (χ4v) is 3.83. The molecule has 2 N–H and O–H groups in total. The molecule has 0 spiro atoms. The number of benzene rings is 1. The number of carbonyl (C=O) groups is 1. The number of ether oxygens (including phenoxy) is 1. The van der Waals surface area contributed by atoms with Gasteiger partial charge in [0.2, 0.25) is 0 Å². The van der Waals surface area contributed by atoms with Gasteiger partial charge in [0, 0.05) is 6.04 Å².